The molecule has 2 heterocycles. The predicted octanol–water partition coefficient (Wildman–Crippen LogP) is 0.107. The van der Waals surface area contributed by atoms with Crippen LogP contribution in [0.15, 0.2) is 30.3 Å². The summed E-state index contributed by atoms with van der Waals surface area (Å²) in [6.45, 7) is 0. The first-order valence-corrected chi connectivity index (χ1v) is 5.22. The van der Waals surface area contributed by atoms with E-state index >= 15 is 0 Å². The Labute approximate surface area is 106 Å². The molecule has 0 aliphatic heterocycles. The molecule has 0 fully saturated rings. The highest BCUT2D eigenvalue weighted by molar-refractivity contribution is 7.71. The molecular formula is C8H9N9S. The third-order valence-corrected chi connectivity index (χ3v) is 2.11. The third-order valence-electron chi connectivity index (χ3n) is 1.85. The molecule has 0 amide bonds. The molecule has 4 N–H and O–H groups in total. The fourth-order valence-corrected chi connectivity index (χ4v) is 1.30. The summed E-state index contributed by atoms with van der Waals surface area (Å²) in [5.74, 6) is 0.176. The zero-order valence-corrected chi connectivity index (χ0v) is 9.87. The minimum Gasteiger partial charge on any atom is -0.365 e. The maximum atomic E-state index is 4.96. The Hall–Kier alpha value is -2.62. The molecule has 2 aromatic heterocycles. The maximum absolute atomic E-state index is 4.96. The number of H-pyrrole nitrogens is 2. The Morgan fingerprint density at radius 1 is 1.11 bits per heavy atom. The molecule has 0 saturated carbocycles. The van der Waals surface area contributed by atoms with E-state index in [1.165, 1.54) is 0 Å². The van der Waals surface area contributed by atoms with Crippen LogP contribution in [-0.4, -0.2) is 40.8 Å². The summed E-state index contributed by atoms with van der Waals surface area (Å²) < 4.78 is 2.07. The van der Waals surface area contributed by atoms with Crippen LogP contribution in [0.4, 0.5) is 5.95 Å². The molecule has 92 valence electrons. The minimum atomic E-state index is 0.176. The topological polar surface area (TPSA) is 127 Å². The van der Waals surface area contributed by atoms with Gasteiger partial charge in [0, 0.05) is 0 Å². The van der Waals surface area contributed by atoms with E-state index in [1.54, 1.807) is 4.68 Å². The number of anilines is 1. The molecule has 0 aliphatic carbocycles. The van der Waals surface area contributed by atoms with Crippen molar-refractivity contribution in [2.45, 2.75) is 0 Å². The second-order valence-electron chi connectivity index (χ2n) is 3.02. The smallest absolute Gasteiger partial charge is 0.260 e. The number of hydrogen-bond acceptors (Lipinski definition) is 7. The van der Waals surface area contributed by atoms with Crippen LogP contribution in [0.5, 0.6) is 0 Å². The molecule has 3 rings (SSSR count). The van der Waals surface area contributed by atoms with Gasteiger partial charge in [-0.2, -0.15) is 10.4 Å². The molecule has 1 aromatic carbocycles. The quantitative estimate of drug-likeness (QED) is 0.531. The molecule has 0 unspecified atom stereocenters. The fraction of sp³-hybridized carbons (Fsp3) is 0. The van der Waals surface area contributed by atoms with E-state index in [-0.39, 0.29) is 5.95 Å². The highest BCUT2D eigenvalue weighted by Crippen LogP contribution is 2.03. The SMILES string of the molecule is Nc1nn[nH]n1.S=c1nn[nH]n1-c1ccccc1. The predicted molar refractivity (Wildman–Crippen MR) is 65.1 cm³/mol. The number of nitrogens with one attached hydrogen (secondary N) is 2. The van der Waals surface area contributed by atoms with E-state index in [9.17, 15) is 0 Å². The number of nitrogens with two attached hydrogens (primary N) is 1. The van der Waals surface area contributed by atoms with Crippen molar-refractivity contribution >= 4 is 18.2 Å². The Bertz CT molecular complexity index is 626. The van der Waals surface area contributed by atoms with Gasteiger partial charge in [0.25, 0.3) is 5.95 Å². The molecule has 0 aliphatic rings. The first-order valence-electron chi connectivity index (χ1n) is 4.82. The maximum Gasteiger partial charge on any atom is 0.260 e. The van der Waals surface area contributed by atoms with Crippen molar-refractivity contribution in [3.63, 3.8) is 0 Å². The molecule has 18 heavy (non-hydrogen) atoms. The standard InChI is InChI=1S/C7H6N4S.CH3N5/c12-7-8-9-10-11(7)6-4-2-1-3-5-6;2-1-3-5-6-4-1/h1-5H,(H,8,10,12);(H3,2,3,4,5,6). The van der Waals surface area contributed by atoms with Crippen LogP contribution in [0.25, 0.3) is 5.69 Å². The van der Waals surface area contributed by atoms with Gasteiger partial charge in [-0.1, -0.05) is 33.6 Å². The molecule has 0 spiro atoms. The van der Waals surface area contributed by atoms with Gasteiger partial charge in [-0.3, -0.25) is 0 Å². The molecule has 0 bridgehead atoms. The highest BCUT2D eigenvalue weighted by Gasteiger charge is 1.95. The average molecular weight is 263 g/mol. The van der Waals surface area contributed by atoms with Crippen molar-refractivity contribution in [3.05, 3.63) is 35.1 Å². The molecule has 9 nitrogen and oxygen atoms in total. The van der Waals surface area contributed by atoms with Crippen LogP contribution >= 0.6 is 12.2 Å². The van der Waals surface area contributed by atoms with Crippen LogP contribution in [0.3, 0.4) is 0 Å². The van der Waals surface area contributed by atoms with E-state index < -0.39 is 0 Å². The lowest BCUT2D eigenvalue weighted by Crippen LogP contribution is -1.95. The van der Waals surface area contributed by atoms with Gasteiger partial charge in [0.15, 0.2) is 0 Å². The number of nitrogen functional groups attached to an aromatic ring is 1. The zero-order chi connectivity index (χ0) is 12.8. The minimum absolute atomic E-state index is 0.176. The van der Waals surface area contributed by atoms with Gasteiger partial charge >= 0.3 is 0 Å². The van der Waals surface area contributed by atoms with Crippen molar-refractivity contribution in [1.82, 2.24) is 40.8 Å². The molecule has 0 saturated heterocycles. The van der Waals surface area contributed by atoms with Crippen molar-refractivity contribution in [2.24, 2.45) is 0 Å². The van der Waals surface area contributed by atoms with Crippen molar-refractivity contribution in [1.29, 1.82) is 0 Å². The van der Waals surface area contributed by atoms with Gasteiger partial charge in [0.1, 0.15) is 0 Å². The summed E-state index contributed by atoms with van der Waals surface area (Å²) in [6, 6.07) is 9.65. The van der Waals surface area contributed by atoms with Gasteiger partial charge in [0.2, 0.25) is 4.77 Å². The lowest BCUT2D eigenvalue weighted by atomic mass is 10.3. The monoisotopic (exact) mass is 263 g/mol. The summed E-state index contributed by atoms with van der Waals surface area (Å²) in [4.78, 5) is 0. The van der Waals surface area contributed by atoms with Crippen LogP contribution < -0.4 is 5.73 Å². The second kappa shape index (κ2) is 5.63. The normalized spacial score (nSPS) is 9.56. The fourth-order valence-electron chi connectivity index (χ4n) is 1.11. The Morgan fingerprint density at radius 2 is 1.89 bits per heavy atom. The van der Waals surface area contributed by atoms with Crippen LogP contribution in [-0.2, 0) is 0 Å². The van der Waals surface area contributed by atoms with Crippen molar-refractivity contribution in [2.75, 3.05) is 5.73 Å². The number of nitrogens with zero attached hydrogens (tertiary/aromatic N) is 6. The molecule has 3 aromatic rings. The van der Waals surface area contributed by atoms with E-state index in [0.29, 0.717) is 4.77 Å². The number of para-hydroxylation sites is 1. The lowest BCUT2D eigenvalue weighted by Gasteiger charge is -1.97. The second-order valence-corrected chi connectivity index (χ2v) is 3.39. The van der Waals surface area contributed by atoms with Gasteiger partial charge in [0.05, 0.1) is 5.69 Å². The third kappa shape index (κ3) is 2.95. The molecule has 0 atom stereocenters. The van der Waals surface area contributed by atoms with Gasteiger partial charge in [-0.05, 0) is 29.6 Å². The largest absolute Gasteiger partial charge is 0.365 e. The first kappa shape index (κ1) is 11.9. The van der Waals surface area contributed by atoms with Gasteiger partial charge in [-0.15, -0.1) is 5.10 Å². The summed E-state index contributed by atoms with van der Waals surface area (Å²) >= 11 is 4.93. The molecule has 0 radical (unpaired) electrons. The number of aromatic amines is 2. The van der Waals surface area contributed by atoms with E-state index in [2.05, 4.69) is 36.1 Å². The summed E-state index contributed by atoms with van der Waals surface area (Å²) in [7, 11) is 0. The van der Waals surface area contributed by atoms with E-state index in [0.717, 1.165) is 5.69 Å². The van der Waals surface area contributed by atoms with Crippen LogP contribution in [0.1, 0.15) is 0 Å². The van der Waals surface area contributed by atoms with Crippen LogP contribution in [0.2, 0.25) is 0 Å². The highest BCUT2D eigenvalue weighted by atomic mass is 32.1. The summed E-state index contributed by atoms with van der Waals surface area (Å²) in [5.41, 5.74) is 5.90. The molecular weight excluding hydrogens is 254 g/mol. The number of hydrogen-bond donors (Lipinski definition) is 3. The lowest BCUT2D eigenvalue weighted by molar-refractivity contribution is 0.786. The summed E-state index contributed by atoms with van der Waals surface area (Å²) in [6.07, 6.45) is 0. The zero-order valence-electron chi connectivity index (χ0n) is 9.06. The summed E-state index contributed by atoms with van der Waals surface area (Å²) in [5, 5.41) is 21.9. The van der Waals surface area contributed by atoms with Crippen molar-refractivity contribution < 1.29 is 0 Å². The van der Waals surface area contributed by atoms with Crippen LogP contribution in [0, 0.1) is 4.77 Å². The van der Waals surface area contributed by atoms with Crippen molar-refractivity contribution in [3.8, 4) is 5.69 Å². The Morgan fingerprint density at radius 3 is 2.33 bits per heavy atom. The number of tetrazole rings is 2. The first-order chi connectivity index (χ1) is 8.77. The van der Waals surface area contributed by atoms with E-state index in [1.807, 2.05) is 30.3 Å². The number of benzene rings is 1. The van der Waals surface area contributed by atoms with Gasteiger partial charge in [-0.25, -0.2) is 4.68 Å². The Balaban J connectivity index is 0.000000169. The number of aromatic nitrogens is 8. The average Bonchev–Trinajstić information content (AvgIpc) is 3.02. The van der Waals surface area contributed by atoms with E-state index in [4.69, 9.17) is 18.0 Å². The number of rotatable bonds is 1. The Kier molecular flexibility index (Phi) is 3.71. The van der Waals surface area contributed by atoms with Gasteiger partial charge < -0.3 is 5.73 Å². The molecule has 10 heteroatoms.